The van der Waals surface area contributed by atoms with Crippen molar-refractivity contribution in [1.29, 1.82) is 0 Å². The van der Waals surface area contributed by atoms with Gasteiger partial charge in [0.1, 0.15) is 12.1 Å². The Bertz CT molecular complexity index is 280. The molecule has 1 aliphatic rings. The Kier molecular flexibility index (Phi) is 1.89. The highest BCUT2D eigenvalue weighted by Crippen LogP contribution is 2.22. The molecule has 0 aliphatic carbocycles. The van der Waals surface area contributed by atoms with Crippen LogP contribution >= 0.6 is 0 Å². The highest BCUT2D eigenvalue weighted by Gasteiger charge is 2.18. The number of aromatic nitrogens is 2. The second kappa shape index (κ2) is 2.90. The molecule has 1 aliphatic heterocycles. The topological polar surface area (TPSA) is 38.0 Å². The Balaban J connectivity index is 2.37. The number of hydrogen-bond acceptors (Lipinski definition) is 2. The molecule has 2 heterocycles. The number of rotatable bonds is 1. The van der Waals surface area contributed by atoms with Gasteiger partial charge in [-0.15, -0.1) is 0 Å². The highest BCUT2D eigenvalue weighted by atomic mass is 16.3. The van der Waals surface area contributed by atoms with Gasteiger partial charge >= 0.3 is 0 Å². The van der Waals surface area contributed by atoms with Gasteiger partial charge in [0, 0.05) is 12.6 Å². The first kappa shape index (κ1) is 7.80. The van der Waals surface area contributed by atoms with Crippen LogP contribution in [0.3, 0.4) is 0 Å². The Morgan fingerprint density at radius 3 is 3.25 bits per heavy atom. The zero-order valence-corrected chi connectivity index (χ0v) is 7.32. The van der Waals surface area contributed by atoms with Crippen molar-refractivity contribution in [3.05, 3.63) is 17.7 Å². The summed E-state index contributed by atoms with van der Waals surface area (Å²) >= 11 is 0. The van der Waals surface area contributed by atoms with E-state index >= 15 is 0 Å². The number of aryl methyl sites for hydroxylation is 2. The van der Waals surface area contributed by atoms with E-state index in [0.717, 1.165) is 37.2 Å². The maximum Gasteiger partial charge on any atom is 0.131 e. The van der Waals surface area contributed by atoms with Crippen molar-refractivity contribution in [2.75, 3.05) is 0 Å². The van der Waals surface area contributed by atoms with Gasteiger partial charge in [-0.3, -0.25) is 0 Å². The molecule has 0 amide bonds. The maximum atomic E-state index is 9.59. The molecule has 1 unspecified atom stereocenters. The van der Waals surface area contributed by atoms with E-state index in [4.69, 9.17) is 0 Å². The summed E-state index contributed by atoms with van der Waals surface area (Å²) in [7, 11) is 0. The van der Waals surface area contributed by atoms with Crippen molar-refractivity contribution < 1.29 is 5.11 Å². The lowest BCUT2D eigenvalue weighted by atomic mass is 10.1. The third kappa shape index (κ3) is 1.14. The summed E-state index contributed by atoms with van der Waals surface area (Å²) in [5, 5.41) is 9.59. The first-order valence-corrected chi connectivity index (χ1v) is 4.56. The molecule has 1 N–H and O–H groups in total. The molecular formula is C9H14N2O. The number of aliphatic hydroxyl groups is 1. The van der Waals surface area contributed by atoms with E-state index in [0.29, 0.717) is 0 Å². The first-order valence-electron chi connectivity index (χ1n) is 4.56. The molecule has 3 nitrogen and oxygen atoms in total. The number of nitrogens with zero attached hydrogens (tertiary/aromatic N) is 2. The third-order valence-corrected chi connectivity index (χ3v) is 2.40. The molecule has 0 spiro atoms. The third-order valence-electron chi connectivity index (χ3n) is 2.40. The molecule has 2 rings (SSSR count). The fourth-order valence-corrected chi connectivity index (χ4v) is 1.68. The molecule has 0 radical (unpaired) electrons. The molecule has 0 fully saturated rings. The SMILES string of the molecule is CCc1cn2c(n1)CCCC2O. The average Bonchev–Trinajstić information content (AvgIpc) is 2.49. The van der Waals surface area contributed by atoms with Gasteiger partial charge in [0.25, 0.3) is 0 Å². The molecule has 0 saturated heterocycles. The summed E-state index contributed by atoms with van der Waals surface area (Å²) in [4.78, 5) is 4.42. The van der Waals surface area contributed by atoms with Gasteiger partial charge in [-0.1, -0.05) is 6.92 Å². The summed E-state index contributed by atoms with van der Waals surface area (Å²) in [6, 6.07) is 0. The summed E-state index contributed by atoms with van der Waals surface area (Å²) in [6.07, 6.45) is 5.53. The standard InChI is InChI=1S/C9H14N2O/c1-2-7-6-11-8(10-7)4-3-5-9(11)12/h6,9,12H,2-5H2,1H3. The van der Waals surface area contributed by atoms with Gasteiger partial charge < -0.3 is 9.67 Å². The van der Waals surface area contributed by atoms with E-state index in [9.17, 15) is 5.11 Å². The van der Waals surface area contributed by atoms with Crippen molar-refractivity contribution in [1.82, 2.24) is 9.55 Å². The van der Waals surface area contributed by atoms with Crippen molar-refractivity contribution in [2.24, 2.45) is 0 Å². The van der Waals surface area contributed by atoms with Crippen LogP contribution in [0.5, 0.6) is 0 Å². The van der Waals surface area contributed by atoms with Crippen LogP contribution in [0.1, 0.15) is 37.5 Å². The summed E-state index contributed by atoms with van der Waals surface area (Å²) in [5.41, 5.74) is 1.09. The minimum Gasteiger partial charge on any atom is -0.373 e. The molecule has 1 atom stereocenters. The fourth-order valence-electron chi connectivity index (χ4n) is 1.68. The van der Waals surface area contributed by atoms with E-state index in [1.54, 1.807) is 0 Å². The number of aliphatic hydroxyl groups excluding tert-OH is 1. The number of imidazole rings is 1. The van der Waals surface area contributed by atoms with E-state index in [-0.39, 0.29) is 6.23 Å². The molecule has 0 saturated carbocycles. The lowest BCUT2D eigenvalue weighted by Gasteiger charge is -2.19. The molecule has 0 bridgehead atoms. The predicted octanol–water partition coefficient (Wildman–Crippen LogP) is 1.27. The van der Waals surface area contributed by atoms with Crippen molar-refractivity contribution in [2.45, 2.75) is 38.8 Å². The molecule has 66 valence electrons. The van der Waals surface area contributed by atoms with Crippen LogP contribution < -0.4 is 0 Å². The Hall–Kier alpha value is -0.830. The van der Waals surface area contributed by atoms with Crippen LogP contribution in [-0.4, -0.2) is 14.7 Å². The fraction of sp³-hybridized carbons (Fsp3) is 0.667. The summed E-state index contributed by atoms with van der Waals surface area (Å²) in [5.74, 6) is 1.05. The lowest BCUT2D eigenvalue weighted by Crippen LogP contribution is -2.16. The Labute approximate surface area is 72.0 Å². The molecule has 1 aromatic heterocycles. The van der Waals surface area contributed by atoms with E-state index in [1.165, 1.54) is 0 Å². The molecular weight excluding hydrogens is 152 g/mol. The van der Waals surface area contributed by atoms with E-state index < -0.39 is 0 Å². The average molecular weight is 166 g/mol. The zero-order chi connectivity index (χ0) is 8.55. The van der Waals surface area contributed by atoms with Gasteiger partial charge in [0.05, 0.1) is 5.69 Å². The van der Waals surface area contributed by atoms with Crippen molar-refractivity contribution >= 4 is 0 Å². The number of fused-ring (bicyclic) bond motifs is 1. The zero-order valence-electron chi connectivity index (χ0n) is 7.32. The molecule has 0 aromatic carbocycles. The second-order valence-electron chi connectivity index (χ2n) is 3.28. The van der Waals surface area contributed by atoms with Gasteiger partial charge in [-0.2, -0.15) is 0 Å². The molecule has 12 heavy (non-hydrogen) atoms. The minimum absolute atomic E-state index is 0.332. The van der Waals surface area contributed by atoms with Crippen LogP contribution in [0.15, 0.2) is 6.20 Å². The van der Waals surface area contributed by atoms with Crippen LogP contribution in [0.25, 0.3) is 0 Å². The van der Waals surface area contributed by atoms with E-state index in [2.05, 4.69) is 11.9 Å². The Morgan fingerprint density at radius 2 is 2.58 bits per heavy atom. The lowest BCUT2D eigenvalue weighted by molar-refractivity contribution is 0.0780. The summed E-state index contributed by atoms with van der Waals surface area (Å²) < 4.78 is 1.91. The smallest absolute Gasteiger partial charge is 0.131 e. The van der Waals surface area contributed by atoms with Crippen molar-refractivity contribution in [3.63, 3.8) is 0 Å². The molecule has 1 aromatic rings. The largest absolute Gasteiger partial charge is 0.373 e. The van der Waals surface area contributed by atoms with Crippen LogP contribution in [0.2, 0.25) is 0 Å². The monoisotopic (exact) mass is 166 g/mol. The van der Waals surface area contributed by atoms with Crippen molar-refractivity contribution in [3.8, 4) is 0 Å². The van der Waals surface area contributed by atoms with E-state index in [1.807, 2.05) is 10.8 Å². The maximum absolute atomic E-state index is 9.59. The van der Waals surface area contributed by atoms with Crippen LogP contribution in [0.4, 0.5) is 0 Å². The predicted molar refractivity (Wildman–Crippen MR) is 45.8 cm³/mol. The second-order valence-corrected chi connectivity index (χ2v) is 3.28. The Morgan fingerprint density at radius 1 is 1.75 bits per heavy atom. The van der Waals surface area contributed by atoms with Gasteiger partial charge in [-0.25, -0.2) is 4.98 Å². The van der Waals surface area contributed by atoms with Crippen LogP contribution in [0, 0.1) is 0 Å². The normalized spacial score (nSPS) is 22.3. The highest BCUT2D eigenvalue weighted by molar-refractivity contribution is 5.06. The van der Waals surface area contributed by atoms with Gasteiger partial charge in [-0.05, 0) is 19.3 Å². The van der Waals surface area contributed by atoms with Gasteiger partial charge in [0.15, 0.2) is 0 Å². The first-order chi connectivity index (χ1) is 5.81. The minimum atomic E-state index is -0.332. The van der Waals surface area contributed by atoms with Crippen LogP contribution in [-0.2, 0) is 12.8 Å². The number of hydrogen-bond donors (Lipinski definition) is 1. The molecule has 3 heteroatoms. The quantitative estimate of drug-likeness (QED) is 0.682. The van der Waals surface area contributed by atoms with Gasteiger partial charge in [0.2, 0.25) is 0 Å². The summed E-state index contributed by atoms with van der Waals surface area (Å²) in [6.45, 7) is 2.08.